The van der Waals surface area contributed by atoms with E-state index in [9.17, 15) is 0 Å². The van der Waals surface area contributed by atoms with Gasteiger partial charge in [-0.25, -0.2) is 0 Å². The predicted octanol–water partition coefficient (Wildman–Crippen LogP) is 2.90. The van der Waals surface area contributed by atoms with Crippen molar-refractivity contribution < 1.29 is 0 Å². The van der Waals surface area contributed by atoms with E-state index in [4.69, 9.17) is 18.0 Å². The van der Waals surface area contributed by atoms with Crippen molar-refractivity contribution >= 4 is 22.9 Å². The van der Waals surface area contributed by atoms with E-state index in [1.165, 1.54) is 37.1 Å². The van der Waals surface area contributed by atoms with Crippen molar-refractivity contribution in [2.75, 3.05) is 18.0 Å². The molecule has 1 aromatic carbocycles. The first-order chi connectivity index (χ1) is 8.27. The quantitative estimate of drug-likeness (QED) is 0.642. The molecule has 0 atom stereocenters. The van der Waals surface area contributed by atoms with Gasteiger partial charge in [0.2, 0.25) is 0 Å². The third-order valence-electron chi connectivity index (χ3n) is 3.31. The van der Waals surface area contributed by atoms with E-state index in [0.717, 1.165) is 19.4 Å². The Balaban J connectivity index is 1.88. The summed E-state index contributed by atoms with van der Waals surface area (Å²) in [5.74, 6) is 0. The molecular weight excluding hydrogens is 228 g/mol. The first-order valence-corrected chi connectivity index (χ1v) is 6.79. The normalized spacial score (nSPS) is 14.5. The molecule has 3 heteroatoms. The Hall–Kier alpha value is -1.09. The van der Waals surface area contributed by atoms with Crippen LogP contribution in [0.25, 0.3) is 0 Å². The lowest BCUT2D eigenvalue weighted by Gasteiger charge is -2.31. The molecule has 17 heavy (non-hydrogen) atoms. The van der Waals surface area contributed by atoms with Crippen LogP contribution in [0, 0.1) is 0 Å². The average Bonchev–Trinajstić information content (AvgIpc) is 2.34. The lowest BCUT2D eigenvalue weighted by atomic mass is 10.0. The highest BCUT2D eigenvalue weighted by Crippen LogP contribution is 2.26. The van der Waals surface area contributed by atoms with Gasteiger partial charge in [0.1, 0.15) is 0 Å². The zero-order chi connectivity index (χ0) is 12.1. The minimum absolute atomic E-state index is 0.643. The Morgan fingerprint density at radius 1 is 1.29 bits per heavy atom. The molecule has 0 bridgehead atoms. The Labute approximate surface area is 109 Å². The van der Waals surface area contributed by atoms with Crippen LogP contribution < -0.4 is 10.6 Å². The van der Waals surface area contributed by atoms with Crippen LogP contribution in [-0.2, 0) is 6.42 Å². The van der Waals surface area contributed by atoms with E-state index in [0.29, 0.717) is 4.99 Å². The fourth-order valence-corrected chi connectivity index (χ4v) is 2.59. The number of benzene rings is 1. The van der Waals surface area contributed by atoms with E-state index in [1.807, 2.05) is 0 Å². The third kappa shape index (κ3) is 3.43. The zero-order valence-electron chi connectivity index (χ0n) is 10.2. The molecule has 0 saturated heterocycles. The van der Waals surface area contributed by atoms with Crippen molar-refractivity contribution in [2.45, 2.75) is 32.1 Å². The number of fused-ring (bicyclic) bond motifs is 1. The number of thiocarbonyl (C=S) groups is 1. The molecule has 1 aliphatic rings. The predicted molar refractivity (Wildman–Crippen MR) is 77.6 cm³/mol. The summed E-state index contributed by atoms with van der Waals surface area (Å²) in [6.07, 6.45) is 5.65. The summed E-state index contributed by atoms with van der Waals surface area (Å²) >= 11 is 4.89. The Kier molecular flexibility index (Phi) is 4.37. The van der Waals surface area contributed by atoms with Gasteiger partial charge in [0.15, 0.2) is 0 Å². The molecule has 1 aromatic rings. The first-order valence-electron chi connectivity index (χ1n) is 6.38. The van der Waals surface area contributed by atoms with Crippen LogP contribution >= 0.6 is 12.2 Å². The smallest absolute Gasteiger partial charge is 0.0727 e. The maximum atomic E-state index is 5.51. The van der Waals surface area contributed by atoms with Crippen molar-refractivity contribution in [3.8, 4) is 0 Å². The van der Waals surface area contributed by atoms with Crippen molar-refractivity contribution in [1.82, 2.24) is 0 Å². The molecule has 1 aliphatic heterocycles. The monoisotopic (exact) mass is 248 g/mol. The van der Waals surface area contributed by atoms with Crippen LogP contribution in [0.4, 0.5) is 5.69 Å². The Bertz CT molecular complexity index is 390. The fourth-order valence-electron chi connectivity index (χ4n) is 2.45. The largest absolute Gasteiger partial charge is 0.393 e. The lowest BCUT2D eigenvalue weighted by Crippen LogP contribution is -2.30. The van der Waals surface area contributed by atoms with Crippen molar-refractivity contribution in [1.29, 1.82) is 0 Å². The number of unbranched alkanes of at least 4 members (excludes halogenated alkanes) is 1. The molecular formula is C14H20N2S. The molecule has 0 aliphatic carbocycles. The topological polar surface area (TPSA) is 29.3 Å². The summed E-state index contributed by atoms with van der Waals surface area (Å²) in [7, 11) is 0. The number of nitrogens with two attached hydrogens (primary N) is 1. The zero-order valence-corrected chi connectivity index (χ0v) is 11.0. The molecule has 0 amide bonds. The number of hydrogen-bond acceptors (Lipinski definition) is 2. The molecule has 0 aromatic heterocycles. The molecule has 0 fully saturated rings. The summed E-state index contributed by atoms with van der Waals surface area (Å²) in [6, 6.07) is 8.75. The summed E-state index contributed by atoms with van der Waals surface area (Å²) < 4.78 is 0. The molecule has 92 valence electrons. The second-order valence-corrected chi connectivity index (χ2v) is 5.17. The van der Waals surface area contributed by atoms with Crippen LogP contribution in [-0.4, -0.2) is 18.1 Å². The van der Waals surface area contributed by atoms with Crippen molar-refractivity contribution in [2.24, 2.45) is 5.73 Å². The van der Waals surface area contributed by atoms with Crippen LogP contribution in [0.1, 0.15) is 31.2 Å². The molecule has 2 N–H and O–H groups in total. The average molecular weight is 248 g/mol. The molecule has 1 heterocycles. The van der Waals surface area contributed by atoms with Crippen molar-refractivity contribution in [3.05, 3.63) is 29.8 Å². The highest BCUT2D eigenvalue weighted by atomic mass is 32.1. The highest BCUT2D eigenvalue weighted by molar-refractivity contribution is 7.80. The summed E-state index contributed by atoms with van der Waals surface area (Å²) in [5.41, 5.74) is 8.42. The lowest BCUT2D eigenvalue weighted by molar-refractivity contribution is 0.651. The van der Waals surface area contributed by atoms with Gasteiger partial charge in [-0.1, -0.05) is 30.4 Å². The third-order valence-corrected chi connectivity index (χ3v) is 3.51. The van der Waals surface area contributed by atoms with Crippen molar-refractivity contribution in [3.63, 3.8) is 0 Å². The summed E-state index contributed by atoms with van der Waals surface area (Å²) in [4.78, 5) is 3.14. The fraction of sp³-hybridized carbons (Fsp3) is 0.500. The minimum Gasteiger partial charge on any atom is -0.393 e. The standard InChI is InChI=1S/C14H20N2S/c15-14(17)9-3-4-10-16-11-5-7-12-6-1-2-8-13(12)16/h1-2,6,8H,3-5,7,9-11H2,(H2,15,17). The van der Waals surface area contributed by atoms with Crippen LogP contribution in [0.5, 0.6) is 0 Å². The van der Waals surface area contributed by atoms with Gasteiger partial charge in [0.05, 0.1) is 4.99 Å². The van der Waals surface area contributed by atoms with Gasteiger partial charge >= 0.3 is 0 Å². The number of nitrogens with zero attached hydrogens (tertiary/aromatic N) is 1. The van der Waals surface area contributed by atoms with Gasteiger partial charge < -0.3 is 10.6 Å². The number of hydrogen-bond donors (Lipinski definition) is 1. The van der Waals surface area contributed by atoms with E-state index in [1.54, 1.807) is 0 Å². The summed E-state index contributed by atoms with van der Waals surface area (Å²) in [5, 5.41) is 0. The van der Waals surface area contributed by atoms with Gasteiger partial charge in [-0.15, -0.1) is 0 Å². The number of rotatable bonds is 5. The molecule has 2 nitrogen and oxygen atoms in total. The highest BCUT2D eigenvalue weighted by Gasteiger charge is 2.15. The van der Waals surface area contributed by atoms with E-state index in [2.05, 4.69) is 29.2 Å². The maximum absolute atomic E-state index is 5.51. The molecule has 0 spiro atoms. The van der Waals surface area contributed by atoms with Gasteiger partial charge in [-0.05, 0) is 43.7 Å². The number of anilines is 1. The van der Waals surface area contributed by atoms with Gasteiger partial charge in [0.25, 0.3) is 0 Å². The van der Waals surface area contributed by atoms with E-state index >= 15 is 0 Å². The van der Waals surface area contributed by atoms with Crippen LogP contribution in [0.2, 0.25) is 0 Å². The second-order valence-electron chi connectivity index (χ2n) is 4.64. The number of aryl methyl sites for hydroxylation is 1. The first kappa shape index (κ1) is 12.4. The maximum Gasteiger partial charge on any atom is 0.0727 e. The van der Waals surface area contributed by atoms with Crippen LogP contribution in [0.15, 0.2) is 24.3 Å². The van der Waals surface area contributed by atoms with Gasteiger partial charge in [-0.3, -0.25) is 0 Å². The SMILES string of the molecule is NC(=S)CCCCN1CCCc2ccccc21. The molecule has 0 unspecified atom stereocenters. The van der Waals surface area contributed by atoms with E-state index in [-0.39, 0.29) is 0 Å². The molecule has 2 rings (SSSR count). The summed E-state index contributed by atoms with van der Waals surface area (Å²) in [6.45, 7) is 2.31. The Morgan fingerprint density at radius 2 is 2.12 bits per heavy atom. The van der Waals surface area contributed by atoms with Gasteiger partial charge in [0, 0.05) is 18.8 Å². The minimum atomic E-state index is 0.643. The number of para-hydroxylation sites is 1. The Morgan fingerprint density at radius 3 is 2.94 bits per heavy atom. The van der Waals surface area contributed by atoms with Gasteiger partial charge in [-0.2, -0.15) is 0 Å². The molecule has 0 radical (unpaired) electrons. The molecule has 0 saturated carbocycles. The van der Waals surface area contributed by atoms with Crippen LogP contribution in [0.3, 0.4) is 0 Å². The van der Waals surface area contributed by atoms with E-state index < -0.39 is 0 Å². The second kappa shape index (κ2) is 6.01.